The van der Waals surface area contributed by atoms with Gasteiger partial charge in [-0.15, -0.1) is 0 Å². The predicted molar refractivity (Wildman–Crippen MR) is 154 cm³/mol. The molecule has 40 heavy (non-hydrogen) atoms. The number of imidazole rings is 1. The zero-order chi connectivity index (χ0) is 27.7. The van der Waals surface area contributed by atoms with Gasteiger partial charge in [-0.25, -0.2) is 15.0 Å². The average molecular weight is 536 g/mol. The van der Waals surface area contributed by atoms with Gasteiger partial charge in [-0.3, -0.25) is 4.57 Å². The second-order valence-electron chi connectivity index (χ2n) is 10.4. The number of hydrogen-bond acceptors (Lipinski definition) is 7. The molecule has 2 aromatic heterocycles. The van der Waals surface area contributed by atoms with Crippen molar-refractivity contribution in [2.24, 2.45) is 5.92 Å². The summed E-state index contributed by atoms with van der Waals surface area (Å²) in [5, 5.41) is 25.1. The number of fused-ring (bicyclic) bond motifs is 1. The zero-order valence-corrected chi connectivity index (χ0v) is 22.6. The summed E-state index contributed by atoms with van der Waals surface area (Å²) >= 11 is 0. The van der Waals surface area contributed by atoms with Gasteiger partial charge in [-0.1, -0.05) is 105 Å². The van der Waals surface area contributed by atoms with E-state index >= 15 is 0 Å². The van der Waals surface area contributed by atoms with Crippen LogP contribution in [0.4, 0.5) is 5.82 Å². The zero-order valence-electron chi connectivity index (χ0n) is 22.6. The molecule has 0 aliphatic carbocycles. The Morgan fingerprint density at radius 2 is 1.43 bits per heavy atom. The Labute approximate surface area is 233 Å². The van der Waals surface area contributed by atoms with E-state index in [1.807, 2.05) is 68.4 Å². The topological polar surface area (TPSA) is 105 Å². The minimum absolute atomic E-state index is 0.180. The first-order valence-electron chi connectivity index (χ1n) is 13.6. The number of hydrogen-bond donors (Lipinski definition) is 3. The predicted octanol–water partition coefficient (Wildman–Crippen LogP) is 4.90. The molecule has 0 radical (unpaired) electrons. The highest BCUT2D eigenvalue weighted by Crippen LogP contribution is 2.45. The first kappa shape index (κ1) is 26.1. The number of nitrogens with one attached hydrogen (secondary N) is 1. The van der Waals surface area contributed by atoms with Gasteiger partial charge in [0, 0.05) is 5.92 Å². The molecule has 1 aliphatic heterocycles. The maximum absolute atomic E-state index is 11.1. The van der Waals surface area contributed by atoms with Gasteiger partial charge in [-0.2, -0.15) is 0 Å². The Kier molecular flexibility index (Phi) is 6.83. The molecule has 6 rings (SSSR count). The van der Waals surface area contributed by atoms with Crippen LogP contribution < -0.4 is 5.32 Å². The minimum Gasteiger partial charge on any atom is -0.393 e. The summed E-state index contributed by atoms with van der Waals surface area (Å²) < 4.78 is 8.06. The molecule has 8 nitrogen and oxygen atoms in total. The van der Waals surface area contributed by atoms with Crippen molar-refractivity contribution in [1.82, 2.24) is 19.5 Å². The number of ether oxygens (including phenoxy) is 1. The Morgan fingerprint density at radius 3 is 1.90 bits per heavy atom. The van der Waals surface area contributed by atoms with Gasteiger partial charge in [0.1, 0.15) is 18.0 Å². The lowest BCUT2D eigenvalue weighted by Gasteiger charge is -2.37. The van der Waals surface area contributed by atoms with Crippen molar-refractivity contribution in [3.8, 4) is 0 Å². The fraction of sp³-hybridized carbons (Fsp3) is 0.281. The fourth-order valence-electron chi connectivity index (χ4n) is 5.98. The lowest BCUT2D eigenvalue weighted by Crippen LogP contribution is -2.39. The maximum Gasteiger partial charge on any atom is 0.167 e. The van der Waals surface area contributed by atoms with Crippen molar-refractivity contribution in [2.45, 2.75) is 43.7 Å². The van der Waals surface area contributed by atoms with Crippen molar-refractivity contribution in [3.05, 3.63) is 120 Å². The molecule has 3 heterocycles. The monoisotopic (exact) mass is 535 g/mol. The molecule has 3 aromatic carbocycles. The Hall–Kier alpha value is -4.11. The molecule has 1 saturated heterocycles. The molecular weight excluding hydrogens is 502 g/mol. The summed E-state index contributed by atoms with van der Waals surface area (Å²) in [4.78, 5) is 13.9. The van der Waals surface area contributed by atoms with Crippen LogP contribution in [0.5, 0.6) is 0 Å². The Morgan fingerprint density at radius 1 is 0.875 bits per heavy atom. The average Bonchev–Trinajstić information content (AvgIpc) is 3.56. The first-order valence-corrected chi connectivity index (χ1v) is 13.6. The van der Waals surface area contributed by atoms with E-state index < -0.39 is 23.5 Å². The Bertz CT molecular complexity index is 1480. The van der Waals surface area contributed by atoms with Crippen LogP contribution in [0.1, 0.15) is 43.2 Å². The largest absolute Gasteiger partial charge is 0.393 e. The van der Waals surface area contributed by atoms with E-state index in [0.29, 0.717) is 23.4 Å². The van der Waals surface area contributed by atoms with E-state index in [2.05, 4.69) is 51.7 Å². The molecule has 1 fully saturated rings. The molecule has 204 valence electrons. The van der Waals surface area contributed by atoms with Crippen molar-refractivity contribution < 1.29 is 14.9 Å². The van der Waals surface area contributed by atoms with E-state index in [0.717, 1.165) is 16.7 Å². The minimum atomic E-state index is -0.840. The second-order valence-corrected chi connectivity index (χ2v) is 10.4. The highest BCUT2D eigenvalue weighted by atomic mass is 16.6. The maximum atomic E-state index is 11.1. The summed E-state index contributed by atoms with van der Waals surface area (Å²) in [7, 11) is 0. The van der Waals surface area contributed by atoms with Crippen LogP contribution in [-0.2, 0) is 10.3 Å². The lowest BCUT2D eigenvalue weighted by molar-refractivity contribution is -0.115. The number of aromatic nitrogens is 4. The number of nitrogens with zero attached hydrogens (tertiary/aromatic N) is 4. The molecule has 0 saturated carbocycles. The molecular formula is C32H33N5O3. The number of benzene rings is 3. The molecule has 8 heteroatoms. The number of aliphatic hydroxyl groups excluding tert-OH is 2. The van der Waals surface area contributed by atoms with E-state index in [1.54, 1.807) is 10.9 Å². The molecule has 0 amide bonds. The lowest BCUT2D eigenvalue weighted by atomic mass is 9.77. The third-order valence-electron chi connectivity index (χ3n) is 8.42. The fourth-order valence-corrected chi connectivity index (χ4v) is 5.98. The molecule has 3 N–H and O–H groups in total. The van der Waals surface area contributed by atoms with Crippen LogP contribution in [0, 0.1) is 5.92 Å². The first-order chi connectivity index (χ1) is 19.5. The van der Waals surface area contributed by atoms with E-state index in [4.69, 9.17) is 9.72 Å². The van der Waals surface area contributed by atoms with E-state index in [9.17, 15) is 10.2 Å². The van der Waals surface area contributed by atoms with Gasteiger partial charge in [0.05, 0.1) is 18.5 Å². The normalized spacial score (nSPS) is 22.9. The van der Waals surface area contributed by atoms with Gasteiger partial charge in [0.2, 0.25) is 0 Å². The van der Waals surface area contributed by atoms with Crippen LogP contribution in [-0.4, -0.2) is 48.0 Å². The van der Waals surface area contributed by atoms with Crippen LogP contribution in [0.3, 0.4) is 0 Å². The van der Waals surface area contributed by atoms with Gasteiger partial charge < -0.3 is 20.3 Å². The molecule has 1 aliphatic rings. The number of aliphatic hydroxyl groups is 2. The van der Waals surface area contributed by atoms with Gasteiger partial charge in [0.25, 0.3) is 0 Å². The highest BCUT2D eigenvalue weighted by Gasteiger charge is 2.52. The Balaban J connectivity index is 1.51. The van der Waals surface area contributed by atoms with Crippen molar-refractivity contribution in [3.63, 3.8) is 0 Å². The molecule has 0 unspecified atom stereocenters. The molecule has 0 bridgehead atoms. The third-order valence-corrected chi connectivity index (χ3v) is 8.42. The summed E-state index contributed by atoms with van der Waals surface area (Å²) in [6.07, 6.45) is 2.12. The summed E-state index contributed by atoms with van der Waals surface area (Å²) in [5.74, 6) is 0.274. The molecule has 0 spiro atoms. The van der Waals surface area contributed by atoms with Crippen LogP contribution in [0.25, 0.3) is 11.2 Å². The third kappa shape index (κ3) is 4.07. The SMILES string of the molecule is CC[C@]1(CO)O[C@@H](n2cnc3c(NC(c4ccccc4)(c4ccccc4)c4ccccc4)ncnc32)[C@H](O)[C@H]1C. The molecule has 5 aromatic rings. The highest BCUT2D eigenvalue weighted by molar-refractivity contribution is 5.84. The van der Waals surface area contributed by atoms with Crippen molar-refractivity contribution in [2.75, 3.05) is 11.9 Å². The number of rotatable bonds is 8. The standard InChI is InChI=1S/C32H33N5O3/c1-3-31(19-38)22(2)27(39)30(40-31)37-21-35-26-28(33-20-34-29(26)37)36-32(23-13-7-4-8-14-23,24-15-9-5-10-16-24)25-17-11-6-12-18-25/h4-18,20-22,27,30,38-39H,3,19H2,1-2H3,(H,33,34,36)/t22-,27-,30-,31-/m1/s1. The quantitative estimate of drug-likeness (QED) is 0.243. The van der Waals surface area contributed by atoms with Crippen molar-refractivity contribution >= 4 is 17.0 Å². The molecule has 4 atom stereocenters. The second kappa shape index (κ2) is 10.5. The van der Waals surface area contributed by atoms with Crippen LogP contribution >= 0.6 is 0 Å². The summed E-state index contributed by atoms with van der Waals surface area (Å²) in [6, 6.07) is 30.8. The summed E-state index contributed by atoms with van der Waals surface area (Å²) in [6.45, 7) is 3.67. The van der Waals surface area contributed by atoms with Gasteiger partial charge in [0.15, 0.2) is 23.2 Å². The van der Waals surface area contributed by atoms with Crippen LogP contribution in [0.2, 0.25) is 0 Å². The summed E-state index contributed by atoms with van der Waals surface area (Å²) in [5.41, 5.74) is 2.57. The van der Waals surface area contributed by atoms with Crippen molar-refractivity contribution in [1.29, 1.82) is 0 Å². The van der Waals surface area contributed by atoms with Gasteiger partial charge in [-0.05, 0) is 23.1 Å². The van der Waals surface area contributed by atoms with Crippen LogP contribution in [0.15, 0.2) is 104 Å². The smallest absolute Gasteiger partial charge is 0.167 e. The number of anilines is 1. The van der Waals surface area contributed by atoms with E-state index in [1.165, 1.54) is 6.33 Å². The van der Waals surface area contributed by atoms with E-state index in [-0.39, 0.29) is 12.5 Å². The van der Waals surface area contributed by atoms with Gasteiger partial charge >= 0.3 is 0 Å².